The molecule has 3 aromatic rings. The maximum Gasteiger partial charge on any atom is 0.268 e. The van der Waals surface area contributed by atoms with E-state index in [1.54, 1.807) is 6.92 Å². The highest BCUT2D eigenvalue weighted by Gasteiger charge is 2.30. The Balaban J connectivity index is 1.50. The summed E-state index contributed by atoms with van der Waals surface area (Å²) in [4.78, 5) is 14.9. The number of carbonyl (C=O) groups is 1. The zero-order valence-corrected chi connectivity index (χ0v) is 16.0. The van der Waals surface area contributed by atoms with Gasteiger partial charge < -0.3 is 9.32 Å². The number of rotatable bonds is 4. The molecule has 3 heterocycles. The number of amides is 1. The van der Waals surface area contributed by atoms with Gasteiger partial charge in [0.2, 0.25) is 5.89 Å². The normalized spacial score (nSPS) is 17.1. The highest BCUT2D eigenvalue weighted by Crippen LogP contribution is 2.42. The van der Waals surface area contributed by atoms with Crippen LogP contribution in [-0.4, -0.2) is 43.9 Å². The van der Waals surface area contributed by atoms with E-state index in [2.05, 4.69) is 10.2 Å². The van der Waals surface area contributed by atoms with Crippen molar-refractivity contribution in [2.45, 2.75) is 44.9 Å². The Morgan fingerprint density at radius 1 is 1.11 bits per heavy atom. The quantitative estimate of drug-likeness (QED) is 0.692. The summed E-state index contributed by atoms with van der Waals surface area (Å²) >= 11 is 0. The maximum atomic E-state index is 12.9. The molecule has 1 aliphatic heterocycles. The van der Waals surface area contributed by atoms with Crippen molar-refractivity contribution in [2.75, 3.05) is 13.1 Å². The van der Waals surface area contributed by atoms with Crippen LogP contribution in [0.15, 0.2) is 34.7 Å². The minimum Gasteiger partial charge on any atom is -0.420 e. The summed E-state index contributed by atoms with van der Waals surface area (Å²) in [5, 5.41) is 12.7. The molecule has 144 valence electrons. The SMILES string of the molecule is Cc1nnc(-c2cc(C3CC3)n(-c3cccc(C(=O)N4CCCCC4)c3)n2)o1. The predicted octanol–water partition coefficient (Wildman–Crippen LogP) is 3.73. The van der Waals surface area contributed by atoms with Crippen molar-refractivity contribution >= 4 is 5.91 Å². The molecule has 7 heteroatoms. The molecule has 5 rings (SSSR count). The van der Waals surface area contributed by atoms with Crippen molar-refractivity contribution in [3.63, 3.8) is 0 Å². The second-order valence-electron chi connectivity index (χ2n) is 7.67. The molecular formula is C21H23N5O2. The van der Waals surface area contributed by atoms with Crippen LogP contribution in [-0.2, 0) is 0 Å². The first-order chi connectivity index (χ1) is 13.7. The van der Waals surface area contributed by atoms with E-state index in [0.717, 1.165) is 50.2 Å². The molecule has 2 aromatic heterocycles. The average Bonchev–Trinajstić information content (AvgIpc) is 3.34. The lowest BCUT2D eigenvalue weighted by Gasteiger charge is -2.26. The Kier molecular flexibility index (Phi) is 4.22. The van der Waals surface area contributed by atoms with E-state index >= 15 is 0 Å². The van der Waals surface area contributed by atoms with Gasteiger partial charge in [-0.15, -0.1) is 10.2 Å². The molecule has 1 aromatic carbocycles. The fraction of sp³-hybridized carbons (Fsp3) is 0.429. The summed E-state index contributed by atoms with van der Waals surface area (Å²) in [6, 6.07) is 9.79. The Hall–Kier alpha value is -2.96. The van der Waals surface area contributed by atoms with Crippen LogP contribution in [0.5, 0.6) is 0 Å². The van der Waals surface area contributed by atoms with Crippen LogP contribution in [0.2, 0.25) is 0 Å². The summed E-state index contributed by atoms with van der Waals surface area (Å²) in [7, 11) is 0. The summed E-state index contributed by atoms with van der Waals surface area (Å²) in [5.74, 6) is 1.55. The van der Waals surface area contributed by atoms with E-state index in [1.165, 1.54) is 6.42 Å². The third kappa shape index (κ3) is 3.21. The van der Waals surface area contributed by atoms with E-state index in [-0.39, 0.29) is 5.91 Å². The molecule has 0 bridgehead atoms. The number of aryl methyl sites for hydroxylation is 1. The maximum absolute atomic E-state index is 12.9. The molecule has 1 aliphatic carbocycles. The van der Waals surface area contributed by atoms with Gasteiger partial charge in [0.25, 0.3) is 11.8 Å². The highest BCUT2D eigenvalue weighted by atomic mass is 16.4. The minimum absolute atomic E-state index is 0.106. The number of hydrogen-bond donors (Lipinski definition) is 0. The van der Waals surface area contributed by atoms with Crippen LogP contribution in [0.3, 0.4) is 0 Å². The van der Waals surface area contributed by atoms with Crippen molar-refractivity contribution in [3.05, 3.63) is 47.5 Å². The van der Waals surface area contributed by atoms with Crippen molar-refractivity contribution < 1.29 is 9.21 Å². The van der Waals surface area contributed by atoms with E-state index in [1.807, 2.05) is 39.9 Å². The summed E-state index contributed by atoms with van der Waals surface area (Å²) < 4.78 is 7.49. The van der Waals surface area contributed by atoms with Gasteiger partial charge in [-0.1, -0.05) is 6.07 Å². The van der Waals surface area contributed by atoms with E-state index < -0.39 is 0 Å². The predicted molar refractivity (Wildman–Crippen MR) is 103 cm³/mol. The van der Waals surface area contributed by atoms with Crippen molar-refractivity contribution in [2.24, 2.45) is 0 Å². The highest BCUT2D eigenvalue weighted by molar-refractivity contribution is 5.94. The van der Waals surface area contributed by atoms with Crippen molar-refractivity contribution in [3.8, 4) is 17.3 Å². The third-order valence-electron chi connectivity index (χ3n) is 5.46. The van der Waals surface area contributed by atoms with Gasteiger partial charge in [-0.25, -0.2) is 4.68 Å². The molecule has 0 N–H and O–H groups in total. The Morgan fingerprint density at radius 3 is 2.64 bits per heavy atom. The van der Waals surface area contributed by atoms with Gasteiger partial charge in [-0.05, 0) is 56.4 Å². The molecule has 0 spiro atoms. The molecule has 2 aliphatic rings. The van der Waals surface area contributed by atoms with Gasteiger partial charge in [0.15, 0.2) is 0 Å². The van der Waals surface area contributed by atoms with E-state index in [0.29, 0.717) is 29.0 Å². The van der Waals surface area contributed by atoms with Gasteiger partial charge in [-0.2, -0.15) is 5.10 Å². The second kappa shape index (κ2) is 6.89. The lowest BCUT2D eigenvalue weighted by molar-refractivity contribution is 0.0724. The van der Waals surface area contributed by atoms with Gasteiger partial charge in [0.05, 0.1) is 5.69 Å². The van der Waals surface area contributed by atoms with Crippen LogP contribution in [0, 0.1) is 6.92 Å². The van der Waals surface area contributed by atoms with Crippen LogP contribution in [0.25, 0.3) is 17.3 Å². The summed E-state index contributed by atoms with van der Waals surface area (Å²) in [6.45, 7) is 3.46. The van der Waals surface area contributed by atoms with Gasteiger partial charge in [-0.3, -0.25) is 4.79 Å². The molecular weight excluding hydrogens is 354 g/mol. The van der Waals surface area contributed by atoms with Crippen LogP contribution >= 0.6 is 0 Å². The standard InChI is InChI=1S/C21H23N5O2/c1-14-22-23-20(28-14)18-13-19(15-8-9-15)26(24-18)17-7-5-6-16(12-17)21(27)25-10-3-2-4-11-25/h5-7,12-13,15H,2-4,8-11H2,1H3. The largest absolute Gasteiger partial charge is 0.420 e. The Labute approximate surface area is 163 Å². The van der Waals surface area contributed by atoms with Crippen molar-refractivity contribution in [1.82, 2.24) is 24.9 Å². The fourth-order valence-electron chi connectivity index (χ4n) is 3.83. The minimum atomic E-state index is 0.106. The second-order valence-corrected chi connectivity index (χ2v) is 7.67. The van der Waals surface area contributed by atoms with Crippen molar-refractivity contribution in [1.29, 1.82) is 0 Å². The number of likely N-dealkylation sites (tertiary alicyclic amines) is 1. The smallest absolute Gasteiger partial charge is 0.268 e. The molecule has 2 fully saturated rings. The topological polar surface area (TPSA) is 77.1 Å². The average molecular weight is 377 g/mol. The first-order valence-electron chi connectivity index (χ1n) is 9.99. The molecule has 0 unspecified atom stereocenters. The zero-order chi connectivity index (χ0) is 19.1. The van der Waals surface area contributed by atoms with Gasteiger partial charge >= 0.3 is 0 Å². The van der Waals surface area contributed by atoms with Crippen LogP contribution in [0.1, 0.15) is 60.0 Å². The third-order valence-corrected chi connectivity index (χ3v) is 5.46. The number of nitrogens with zero attached hydrogens (tertiary/aromatic N) is 5. The molecule has 0 radical (unpaired) electrons. The summed E-state index contributed by atoms with van der Waals surface area (Å²) in [5.41, 5.74) is 3.42. The summed E-state index contributed by atoms with van der Waals surface area (Å²) in [6.07, 6.45) is 5.69. The number of benzene rings is 1. The molecule has 1 saturated heterocycles. The van der Waals surface area contributed by atoms with E-state index in [4.69, 9.17) is 9.52 Å². The molecule has 1 amide bonds. The number of carbonyl (C=O) groups excluding carboxylic acids is 1. The lowest BCUT2D eigenvalue weighted by atomic mass is 10.1. The van der Waals surface area contributed by atoms with Crippen LogP contribution < -0.4 is 0 Å². The molecule has 7 nitrogen and oxygen atoms in total. The Bertz CT molecular complexity index is 1010. The molecule has 28 heavy (non-hydrogen) atoms. The fourth-order valence-corrected chi connectivity index (χ4v) is 3.83. The lowest BCUT2D eigenvalue weighted by Crippen LogP contribution is -2.35. The Morgan fingerprint density at radius 2 is 1.93 bits per heavy atom. The zero-order valence-electron chi connectivity index (χ0n) is 16.0. The molecule has 0 atom stereocenters. The number of aromatic nitrogens is 4. The number of piperidine rings is 1. The monoisotopic (exact) mass is 377 g/mol. The van der Waals surface area contributed by atoms with Gasteiger partial charge in [0, 0.05) is 37.2 Å². The molecule has 1 saturated carbocycles. The first kappa shape index (κ1) is 17.2. The number of hydrogen-bond acceptors (Lipinski definition) is 5. The first-order valence-corrected chi connectivity index (χ1v) is 9.99. The van der Waals surface area contributed by atoms with Gasteiger partial charge in [0.1, 0.15) is 5.69 Å². The van der Waals surface area contributed by atoms with E-state index in [9.17, 15) is 4.79 Å². The van der Waals surface area contributed by atoms with Crippen LogP contribution in [0.4, 0.5) is 0 Å².